The minimum absolute atomic E-state index is 0.319. The Kier molecular flexibility index (Phi) is 2.57. The Hall–Kier alpha value is -2.55. The van der Waals surface area contributed by atoms with Crippen LogP contribution in [0.4, 0.5) is 11.4 Å². The number of fused-ring (bicyclic) bond motifs is 1. The SMILES string of the molecule is O=Cc1oc2ccccc2c1Nc1ccccc1. The van der Waals surface area contributed by atoms with E-state index < -0.39 is 0 Å². The predicted octanol–water partition coefficient (Wildman–Crippen LogP) is 3.99. The van der Waals surface area contributed by atoms with E-state index in [1.807, 2.05) is 54.6 Å². The average Bonchev–Trinajstić information content (AvgIpc) is 2.78. The van der Waals surface area contributed by atoms with Gasteiger partial charge in [-0.1, -0.05) is 30.3 Å². The third-order valence-electron chi connectivity index (χ3n) is 2.77. The van der Waals surface area contributed by atoms with E-state index in [1.54, 1.807) is 0 Å². The summed E-state index contributed by atoms with van der Waals surface area (Å²) in [5, 5.41) is 4.13. The zero-order chi connectivity index (χ0) is 12.4. The summed E-state index contributed by atoms with van der Waals surface area (Å²) in [7, 11) is 0. The van der Waals surface area contributed by atoms with Gasteiger partial charge in [-0.2, -0.15) is 0 Å². The number of furan rings is 1. The summed E-state index contributed by atoms with van der Waals surface area (Å²) >= 11 is 0. The lowest BCUT2D eigenvalue weighted by Crippen LogP contribution is -1.91. The Bertz CT molecular complexity index is 686. The standard InChI is InChI=1S/C15H11NO2/c17-10-14-15(16-11-6-2-1-3-7-11)12-8-4-5-9-13(12)18-14/h1-10,16H. The van der Waals surface area contributed by atoms with Gasteiger partial charge in [0.25, 0.3) is 0 Å². The Morgan fingerprint density at radius 3 is 2.44 bits per heavy atom. The molecular formula is C15H11NO2. The molecule has 1 heterocycles. The Morgan fingerprint density at radius 2 is 1.67 bits per heavy atom. The molecule has 3 heteroatoms. The number of carbonyl (C=O) groups is 1. The van der Waals surface area contributed by atoms with Crippen LogP contribution in [0, 0.1) is 0 Å². The Balaban J connectivity index is 2.12. The van der Waals surface area contributed by atoms with Crippen LogP contribution in [0.5, 0.6) is 0 Å². The van der Waals surface area contributed by atoms with Crippen molar-refractivity contribution in [2.75, 3.05) is 5.32 Å². The van der Waals surface area contributed by atoms with Crippen LogP contribution >= 0.6 is 0 Å². The fraction of sp³-hybridized carbons (Fsp3) is 0. The van der Waals surface area contributed by atoms with E-state index in [0.29, 0.717) is 17.0 Å². The molecule has 0 amide bonds. The molecule has 2 aromatic carbocycles. The van der Waals surface area contributed by atoms with Crippen molar-refractivity contribution in [3.63, 3.8) is 0 Å². The number of carbonyl (C=O) groups excluding carboxylic acids is 1. The maximum Gasteiger partial charge on any atom is 0.191 e. The lowest BCUT2D eigenvalue weighted by atomic mass is 10.2. The summed E-state index contributed by atoms with van der Waals surface area (Å²) in [5.74, 6) is 0.319. The second kappa shape index (κ2) is 4.37. The lowest BCUT2D eigenvalue weighted by Gasteiger charge is -2.04. The van der Waals surface area contributed by atoms with E-state index in [2.05, 4.69) is 5.32 Å². The molecular weight excluding hydrogens is 226 g/mol. The molecule has 0 radical (unpaired) electrons. The number of rotatable bonds is 3. The van der Waals surface area contributed by atoms with Crippen LogP contribution in [-0.4, -0.2) is 6.29 Å². The summed E-state index contributed by atoms with van der Waals surface area (Å²) in [6.45, 7) is 0. The van der Waals surface area contributed by atoms with E-state index in [9.17, 15) is 4.79 Å². The summed E-state index contributed by atoms with van der Waals surface area (Å²) in [6.07, 6.45) is 0.727. The summed E-state index contributed by atoms with van der Waals surface area (Å²) < 4.78 is 5.49. The molecule has 3 rings (SSSR count). The number of nitrogens with one attached hydrogen (secondary N) is 1. The van der Waals surface area contributed by atoms with Crippen molar-refractivity contribution < 1.29 is 9.21 Å². The van der Waals surface area contributed by atoms with Crippen LogP contribution in [0.1, 0.15) is 10.6 Å². The molecule has 0 fully saturated rings. The highest BCUT2D eigenvalue weighted by atomic mass is 16.3. The van der Waals surface area contributed by atoms with Gasteiger partial charge in [0, 0.05) is 11.1 Å². The summed E-state index contributed by atoms with van der Waals surface area (Å²) in [5.41, 5.74) is 2.34. The van der Waals surface area contributed by atoms with Crippen LogP contribution in [0.25, 0.3) is 11.0 Å². The molecule has 0 unspecified atom stereocenters. The van der Waals surface area contributed by atoms with E-state index in [4.69, 9.17) is 4.42 Å². The average molecular weight is 237 g/mol. The van der Waals surface area contributed by atoms with Gasteiger partial charge in [0.1, 0.15) is 5.58 Å². The van der Waals surface area contributed by atoms with Crippen LogP contribution in [-0.2, 0) is 0 Å². The van der Waals surface area contributed by atoms with Gasteiger partial charge in [-0.3, -0.25) is 4.79 Å². The van der Waals surface area contributed by atoms with Crippen molar-refractivity contribution in [3.8, 4) is 0 Å². The van der Waals surface area contributed by atoms with Crippen LogP contribution < -0.4 is 5.32 Å². The first kappa shape index (κ1) is 10.6. The maximum absolute atomic E-state index is 11.1. The molecule has 1 N–H and O–H groups in total. The highest BCUT2D eigenvalue weighted by Crippen LogP contribution is 2.31. The van der Waals surface area contributed by atoms with Crippen molar-refractivity contribution >= 4 is 28.6 Å². The zero-order valence-electron chi connectivity index (χ0n) is 9.59. The van der Waals surface area contributed by atoms with Gasteiger partial charge in [0.2, 0.25) is 0 Å². The molecule has 3 aromatic rings. The molecule has 0 bridgehead atoms. The molecule has 0 spiro atoms. The fourth-order valence-corrected chi connectivity index (χ4v) is 1.94. The lowest BCUT2D eigenvalue weighted by molar-refractivity contribution is 0.110. The molecule has 0 aliphatic rings. The first-order valence-electron chi connectivity index (χ1n) is 5.67. The highest BCUT2D eigenvalue weighted by Gasteiger charge is 2.12. The van der Waals surface area contributed by atoms with Crippen LogP contribution in [0.2, 0.25) is 0 Å². The van der Waals surface area contributed by atoms with E-state index in [0.717, 1.165) is 17.4 Å². The van der Waals surface area contributed by atoms with E-state index in [-0.39, 0.29) is 0 Å². The first-order chi connectivity index (χ1) is 8.88. The smallest absolute Gasteiger partial charge is 0.191 e. The van der Waals surface area contributed by atoms with Gasteiger partial charge in [0.05, 0.1) is 5.69 Å². The Morgan fingerprint density at radius 1 is 0.944 bits per heavy atom. The molecule has 0 saturated carbocycles. The van der Waals surface area contributed by atoms with Crippen molar-refractivity contribution in [1.82, 2.24) is 0 Å². The number of hydrogen-bond acceptors (Lipinski definition) is 3. The molecule has 3 nitrogen and oxygen atoms in total. The first-order valence-corrected chi connectivity index (χ1v) is 5.67. The number of anilines is 2. The van der Waals surface area contributed by atoms with Crippen molar-refractivity contribution in [3.05, 3.63) is 60.4 Å². The van der Waals surface area contributed by atoms with E-state index in [1.165, 1.54) is 0 Å². The molecule has 1 aromatic heterocycles. The monoisotopic (exact) mass is 237 g/mol. The molecule has 88 valence electrons. The molecule has 0 atom stereocenters. The highest BCUT2D eigenvalue weighted by molar-refractivity contribution is 6.00. The summed E-state index contributed by atoms with van der Waals surface area (Å²) in [6, 6.07) is 17.3. The van der Waals surface area contributed by atoms with Gasteiger partial charge in [-0.05, 0) is 24.3 Å². The number of benzene rings is 2. The van der Waals surface area contributed by atoms with Gasteiger partial charge in [-0.15, -0.1) is 0 Å². The van der Waals surface area contributed by atoms with E-state index >= 15 is 0 Å². The third kappa shape index (κ3) is 1.76. The second-order valence-corrected chi connectivity index (χ2v) is 3.95. The minimum atomic E-state index is 0.319. The normalized spacial score (nSPS) is 10.4. The summed E-state index contributed by atoms with van der Waals surface area (Å²) in [4.78, 5) is 11.1. The van der Waals surface area contributed by atoms with Crippen molar-refractivity contribution in [1.29, 1.82) is 0 Å². The predicted molar refractivity (Wildman–Crippen MR) is 71.3 cm³/mol. The molecule has 18 heavy (non-hydrogen) atoms. The molecule has 0 aliphatic heterocycles. The van der Waals surface area contributed by atoms with Crippen LogP contribution in [0.3, 0.4) is 0 Å². The molecule has 0 aliphatic carbocycles. The Labute approximate surface area is 104 Å². The van der Waals surface area contributed by atoms with Gasteiger partial charge in [0.15, 0.2) is 12.0 Å². The largest absolute Gasteiger partial charge is 0.451 e. The van der Waals surface area contributed by atoms with Gasteiger partial charge < -0.3 is 9.73 Å². The third-order valence-corrected chi connectivity index (χ3v) is 2.77. The van der Waals surface area contributed by atoms with Crippen molar-refractivity contribution in [2.24, 2.45) is 0 Å². The minimum Gasteiger partial charge on any atom is -0.451 e. The van der Waals surface area contributed by atoms with Gasteiger partial charge in [-0.25, -0.2) is 0 Å². The maximum atomic E-state index is 11.1. The number of aldehydes is 1. The quantitative estimate of drug-likeness (QED) is 0.700. The zero-order valence-corrected chi connectivity index (χ0v) is 9.59. The van der Waals surface area contributed by atoms with Gasteiger partial charge >= 0.3 is 0 Å². The second-order valence-electron chi connectivity index (χ2n) is 3.95. The number of para-hydroxylation sites is 2. The fourth-order valence-electron chi connectivity index (χ4n) is 1.94. The number of hydrogen-bond donors (Lipinski definition) is 1. The van der Waals surface area contributed by atoms with Crippen LogP contribution in [0.15, 0.2) is 59.0 Å². The topological polar surface area (TPSA) is 42.2 Å². The molecule has 0 saturated heterocycles. The van der Waals surface area contributed by atoms with Crippen molar-refractivity contribution in [2.45, 2.75) is 0 Å².